The van der Waals surface area contributed by atoms with Gasteiger partial charge in [-0.2, -0.15) is 0 Å². The number of aromatic amines is 1. The minimum absolute atomic E-state index is 0.0927. The van der Waals surface area contributed by atoms with Gasteiger partial charge < -0.3 is 15.2 Å². The molecule has 4 rings (SSSR count). The van der Waals surface area contributed by atoms with Gasteiger partial charge in [0.25, 0.3) is 5.91 Å². The molecular weight excluding hydrogens is 336 g/mol. The maximum Gasteiger partial charge on any atom is 0.257 e. The van der Waals surface area contributed by atoms with Gasteiger partial charge in [-0.25, -0.2) is 4.98 Å². The Hall–Kier alpha value is -2.67. The van der Waals surface area contributed by atoms with E-state index in [0.29, 0.717) is 17.6 Å². The van der Waals surface area contributed by atoms with E-state index in [2.05, 4.69) is 20.2 Å². The molecule has 25 heavy (non-hydrogen) atoms. The third kappa shape index (κ3) is 3.15. The number of nitrogens with one attached hydrogen (secondary N) is 2. The molecule has 1 saturated heterocycles. The van der Waals surface area contributed by atoms with Gasteiger partial charge in [0.15, 0.2) is 0 Å². The summed E-state index contributed by atoms with van der Waals surface area (Å²) in [5, 5.41) is 4.74. The summed E-state index contributed by atoms with van der Waals surface area (Å²) in [6.45, 7) is 2.32. The third-order valence-electron chi connectivity index (χ3n) is 4.39. The molecule has 0 radical (unpaired) electrons. The summed E-state index contributed by atoms with van der Waals surface area (Å²) in [5.74, 6) is 0.413. The van der Waals surface area contributed by atoms with Gasteiger partial charge in [-0.15, -0.1) is 11.3 Å². The first kappa shape index (κ1) is 15.8. The van der Waals surface area contributed by atoms with E-state index in [1.54, 1.807) is 11.3 Å². The number of carbonyl (C=O) groups is 1. The van der Waals surface area contributed by atoms with Crippen LogP contribution < -0.4 is 15.6 Å². The Kier molecular flexibility index (Phi) is 4.23. The lowest BCUT2D eigenvalue weighted by molar-refractivity contribution is 0.0950. The molecule has 1 aliphatic heterocycles. The summed E-state index contributed by atoms with van der Waals surface area (Å²) in [4.78, 5) is 35.9. The van der Waals surface area contributed by atoms with Gasteiger partial charge in [0, 0.05) is 24.2 Å². The van der Waals surface area contributed by atoms with Gasteiger partial charge in [0.05, 0.1) is 12.1 Å². The average molecular weight is 354 g/mol. The molecule has 1 amide bonds. The zero-order valence-electron chi connectivity index (χ0n) is 13.6. The van der Waals surface area contributed by atoms with Crippen molar-refractivity contribution in [2.75, 3.05) is 18.0 Å². The van der Waals surface area contributed by atoms with Crippen molar-refractivity contribution in [3.05, 3.63) is 56.5 Å². The van der Waals surface area contributed by atoms with E-state index in [0.717, 1.165) is 36.6 Å². The van der Waals surface area contributed by atoms with Crippen LogP contribution in [-0.2, 0) is 6.54 Å². The number of carbonyl (C=O) groups excluding carboxylic acids is 1. The van der Waals surface area contributed by atoms with E-state index < -0.39 is 0 Å². The summed E-state index contributed by atoms with van der Waals surface area (Å²) in [6, 6.07) is 7.64. The minimum Gasteiger partial charge on any atom is -0.359 e. The number of amides is 1. The van der Waals surface area contributed by atoms with Gasteiger partial charge in [-0.05, 0) is 36.4 Å². The van der Waals surface area contributed by atoms with Crippen LogP contribution in [0.2, 0.25) is 0 Å². The Morgan fingerprint density at radius 3 is 2.88 bits per heavy atom. The Morgan fingerprint density at radius 1 is 1.28 bits per heavy atom. The maximum absolute atomic E-state index is 12.7. The number of hydrogen-bond acceptors (Lipinski definition) is 5. The van der Waals surface area contributed by atoms with Crippen LogP contribution >= 0.6 is 11.3 Å². The normalized spacial score (nSPS) is 14.2. The molecule has 0 bridgehead atoms. The predicted molar refractivity (Wildman–Crippen MR) is 99.3 cm³/mol. The first-order valence-corrected chi connectivity index (χ1v) is 9.18. The van der Waals surface area contributed by atoms with Crippen molar-refractivity contribution >= 4 is 34.1 Å². The van der Waals surface area contributed by atoms with E-state index in [-0.39, 0.29) is 16.9 Å². The van der Waals surface area contributed by atoms with Gasteiger partial charge >= 0.3 is 0 Å². The summed E-state index contributed by atoms with van der Waals surface area (Å²) in [7, 11) is 0. The fraction of sp³-hybridized carbons (Fsp3) is 0.278. The smallest absolute Gasteiger partial charge is 0.257 e. The monoisotopic (exact) mass is 354 g/mol. The van der Waals surface area contributed by atoms with Crippen LogP contribution in [0, 0.1) is 0 Å². The number of nitrogens with zero attached hydrogens (tertiary/aromatic N) is 2. The molecular formula is C18H18N4O2S. The molecule has 128 valence electrons. The van der Waals surface area contributed by atoms with E-state index >= 15 is 0 Å². The summed E-state index contributed by atoms with van der Waals surface area (Å²) >= 11 is 1.56. The highest BCUT2D eigenvalue weighted by molar-refractivity contribution is 7.09. The molecule has 7 heteroatoms. The number of H-pyrrole nitrogens is 1. The summed E-state index contributed by atoms with van der Waals surface area (Å²) < 4.78 is 0. The highest BCUT2D eigenvalue weighted by atomic mass is 32.1. The second-order valence-electron chi connectivity index (χ2n) is 6.05. The molecule has 4 heterocycles. The van der Waals surface area contributed by atoms with Crippen molar-refractivity contribution in [2.45, 2.75) is 19.4 Å². The first-order chi connectivity index (χ1) is 12.2. The Morgan fingerprint density at radius 2 is 2.12 bits per heavy atom. The quantitative estimate of drug-likeness (QED) is 0.755. The van der Waals surface area contributed by atoms with Gasteiger partial charge in [-0.3, -0.25) is 9.59 Å². The van der Waals surface area contributed by atoms with Crippen LogP contribution in [-0.4, -0.2) is 29.0 Å². The molecule has 2 N–H and O–H groups in total. The van der Waals surface area contributed by atoms with Crippen LogP contribution in [0.5, 0.6) is 0 Å². The molecule has 6 nitrogen and oxygen atoms in total. The summed E-state index contributed by atoms with van der Waals surface area (Å²) in [6.07, 6.45) is 3.74. The Labute approximate surface area is 148 Å². The lowest BCUT2D eigenvalue weighted by Crippen LogP contribution is -2.28. The maximum atomic E-state index is 12.7. The highest BCUT2D eigenvalue weighted by Crippen LogP contribution is 2.19. The molecule has 0 aliphatic carbocycles. The molecule has 0 atom stereocenters. The van der Waals surface area contributed by atoms with Crippen LogP contribution in [0.25, 0.3) is 11.0 Å². The molecule has 1 fully saturated rings. The van der Waals surface area contributed by atoms with Crippen molar-refractivity contribution in [2.24, 2.45) is 0 Å². The zero-order valence-corrected chi connectivity index (χ0v) is 14.4. The van der Waals surface area contributed by atoms with Crippen molar-refractivity contribution in [3.8, 4) is 0 Å². The van der Waals surface area contributed by atoms with Crippen molar-refractivity contribution in [1.82, 2.24) is 15.3 Å². The topological polar surface area (TPSA) is 78.1 Å². The standard InChI is InChI=1S/C18H18N4O2S/c23-17-13(18(24)20-10-12-4-3-9-25-12)11-19-14-5-6-15(21-16(14)17)22-7-1-2-8-22/h3-6,9,11H,1-2,7-8,10H2,(H,19,23)(H,20,24). The van der Waals surface area contributed by atoms with Gasteiger partial charge in [0.1, 0.15) is 16.9 Å². The van der Waals surface area contributed by atoms with Gasteiger partial charge in [-0.1, -0.05) is 6.07 Å². The van der Waals surface area contributed by atoms with Crippen LogP contribution in [0.1, 0.15) is 28.1 Å². The fourth-order valence-electron chi connectivity index (χ4n) is 3.05. The fourth-order valence-corrected chi connectivity index (χ4v) is 3.69. The Bertz CT molecular complexity index is 959. The largest absolute Gasteiger partial charge is 0.359 e. The molecule has 3 aromatic rings. The molecule has 0 saturated carbocycles. The van der Waals surface area contributed by atoms with Gasteiger partial charge in [0.2, 0.25) is 5.43 Å². The lowest BCUT2D eigenvalue weighted by atomic mass is 10.2. The molecule has 0 aromatic carbocycles. The lowest BCUT2D eigenvalue weighted by Gasteiger charge is -2.16. The molecule has 0 spiro atoms. The SMILES string of the molecule is O=C(NCc1cccs1)c1c[nH]c2ccc(N3CCCC3)nc2c1=O. The third-order valence-corrected chi connectivity index (χ3v) is 5.27. The number of anilines is 1. The summed E-state index contributed by atoms with van der Waals surface area (Å²) in [5.41, 5.74) is 0.713. The van der Waals surface area contributed by atoms with E-state index in [4.69, 9.17) is 0 Å². The van der Waals surface area contributed by atoms with E-state index in [1.807, 2.05) is 29.6 Å². The molecule has 1 aliphatic rings. The number of aromatic nitrogens is 2. The number of fused-ring (bicyclic) bond motifs is 1. The van der Waals surface area contributed by atoms with Crippen molar-refractivity contribution in [3.63, 3.8) is 0 Å². The van der Waals surface area contributed by atoms with Crippen LogP contribution in [0.3, 0.4) is 0 Å². The number of thiophene rings is 1. The average Bonchev–Trinajstić information content (AvgIpc) is 3.33. The van der Waals surface area contributed by atoms with Crippen LogP contribution in [0.4, 0.5) is 5.82 Å². The zero-order chi connectivity index (χ0) is 17.2. The van der Waals surface area contributed by atoms with Crippen LogP contribution in [0.15, 0.2) is 40.6 Å². The highest BCUT2D eigenvalue weighted by Gasteiger charge is 2.17. The first-order valence-electron chi connectivity index (χ1n) is 8.30. The van der Waals surface area contributed by atoms with Crippen molar-refractivity contribution in [1.29, 1.82) is 0 Å². The molecule has 3 aromatic heterocycles. The van der Waals surface area contributed by atoms with E-state index in [1.165, 1.54) is 6.20 Å². The van der Waals surface area contributed by atoms with E-state index in [9.17, 15) is 9.59 Å². The number of hydrogen-bond donors (Lipinski definition) is 2. The molecule has 0 unspecified atom stereocenters. The second kappa shape index (κ2) is 6.68. The number of pyridine rings is 2. The second-order valence-corrected chi connectivity index (χ2v) is 7.09. The predicted octanol–water partition coefficient (Wildman–Crippen LogP) is 2.51. The van der Waals surface area contributed by atoms with Crippen molar-refractivity contribution < 1.29 is 4.79 Å². The minimum atomic E-state index is -0.384. The Balaban J connectivity index is 1.63. The number of rotatable bonds is 4.